The quantitative estimate of drug-likeness (QED) is 0.772. The first kappa shape index (κ1) is 13.8. The molecule has 1 nitrogen and oxygen atoms in total. The number of rotatable bonds is 4. The highest BCUT2D eigenvalue weighted by Crippen LogP contribution is 2.28. The molecule has 0 saturated carbocycles. The molecule has 0 radical (unpaired) electrons. The smallest absolute Gasteiger partial charge is 0.0591 e. The Balaban J connectivity index is 2.40. The minimum atomic E-state index is 0.153. The summed E-state index contributed by atoms with van der Waals surface area (Å²) in [7, 11) is 0. The van der Waals surface area contributed by atoms with Crippen LogP contribution < -0.4 is 5.32 Å². The summed E-state index contributed by atoms with van der Waals surface area (Å²) in [6.45, 7) is 3.01. The number of hydrogen-bond donors (Lipinski definition) is 1. The summed E-state index contributed by atoms with van der Waals surface area (Å²) >= 11 is 8.61. The van der Waals surface area contributed by atoms with E-state index in [1.54, 1.807) is 0 Å². The predicted octanol–water partition coefficient (Wildman–Crippen LogP) is 4.64. The Morgan fingerprint density at radius 2 is 1.78 bits per heavy atom. The molecule has 1 atom stereocenters. The number of hydrogen-bond acceptors (Lipinski definition) is 1. The molecule has 94 valence electrons. The Bertz CT molecular complexity index is 510. The van der Waals surface area contributed by atoms with E-state index >= 15 is 0 Å². The lowest BCUT2D eigenvalue weighted by Gasteiger charge is -2.20. The van der Waals surface area contributed by atoms with Gasteiger partial charge in [-0.2, -0.15) is 0 Å². The fourth-order valence-corrected chi connectivity index (χ4v) is 2.58. The van der Waals surface area contributed by atoms with Gasteiger partial charge in [-0.1, -0.05) is 48.9 Å². The predicted molar refractivity (Wildman–Crippen MR) is 86.1 cm³/mol. The van der Waals surface area contributed by atoms with Gasteiger partial charge in [0.05, 0.1) is 6.04 Å². The summed E-state index contributed by atoms with van der Waals surface area (Å²) in [4.78, 5) is 0. The Labute approximate surface area is 127 Å². The highest BCUT2D eigenvalue weighted by Gasteiger charge is 2.15. The monoisotopic (exact) mass is 371 g/mol. The summed E-state index contributed by atoms with van der Waals surface area (Å²) in [6.07, 6.45) is 0. The van der Waals surface area contributed by atoms with Gasteiger partial charge in [-0.3, -0.25) is 0 Å². The van der Waals surface area contributed by atoms with Crippen molar-refractivity contribution in [2.75, 3.05) is 6.54 Å². The van der Waals surface area contributed by atoms with Crippen LogP contribution in [0.4, 0.5) is 0 Å². The lowest BCUT2D eigenvalue weighted by atomic mass is 9.99. The van der Waals surface area contributed by atoms with Crippen LogP contribution in [0, 0.1) is 3.57 Å². The van der Waals surface area contributed by atoms with Crippen molar-refractivity contribution in [1.29, 1.82) is 0 Å². The van der Waals surface area contributed by atoms with Gasteiger partial charge in [-0.05, 0) is 58.5 Å². The highest BCUT2D eigenvalue weighted by atomic mass is 127. The molecule has 0 aliphatic carbocycles. The molecule has 0 bridgehead atoms. The normalized spacial score (nSPS) is 12.4. The van der Waals surface area contributed by atoms with Crippen molar-refractivity contribution in [3.05, 3.63) is 68.3 Å². The van der Waals surface area contributed by atoms with Crippen LogP contribution in [0.15, 0.2) is 48.5 Å². The van der Waals surface area contributed by atoms with Crippen LogP contribution in [0.2, 0.25) is 5.02 Å². The molecular weight excluding hydrogens is 357 g/mol. The third-order valence-electron chi connectivity index (χ3n) is 2.83. The molecule has 0 spiro atoms. The second-order valence-corrected chi connectivity index (χ2v) is 5.72. The molecule has 0 aromatic heterocycles. The van der Waals surface area contributed by atoms with Crippen LogP contribution in [0.1, 0.15) is 24.1 Å². The van der Waals surface area contributed by atoms with Gasteiger partial charge in [-0.25, -0.2) is 0 Å². The van der Waals surface area contributed by atoms with Crippen LogP contribution in [0.3, 0.4) is 0 Å². The molecule has 0 heterocycles. The van der Waals surface area contributed by atoms with Gasteiger partial charge in [0.2, 0.25) is 0 Å². The van der Waals surface area contributed by atoms with Gasteiger partial charge in [0.15, 0.2) is 0 Å². The Kier molecular flexibility index (Phi) is 5.03. The fraction of sp³-hybridized carbons (Fsp3) is 0.200. The molecule has 2 rings (SSSR count). The average Bonchev–Trinajstić information content (AvgIpc) is 2.38. The van der Waals surface area contributed by atoms with Gasteiger partial charge in [0.1, 0.15) is 0 Å². The summed E-state index contributed by atoms with van der Waals surface area (Å²) < 4.78 is 1.24. The fourth-order valence-electron chi connectivity index (χ4n) is 1.98. The maximum absolute atomic E-state index is 6.29. The van der Waals surface area contributed by atoms with Crippen molar-refractivity contribution in [2.24, 2.45) is 0 Å². The Morgan fingerprint density at radius 3 is 2.39 bits per heavy atom. The van der Waals surface area contributed by atoms with Crippen molar-refractivity contribution in [2.45, 2.75) is 13.0 Å². The molecule has 0 aliphatic rings. The maximum atomic E-state index is 6.29. The van der Waals surface area contributed by atoms with Crippen LogP contribution in [0.5, 0.6) is 0 Å². The van der Waals surface area contributed by atoms with Crippen molar-refractivity contribution < 1.29 is 0 Å². The molecular formula is C15H15ClIN. The van der Waals surface area contributed by atoms with Gasteiger partial charge in [0.25, 0.3) is 0 Å². The standard InChI is InChI=1S/C15H15ClIN/c1-2-18-15(11-7-9-12(17)10-8-11)13-5-3-4-6-14(13)16/h3-10,15,18H,2H2,1H3. The third-order valence-corrected chi connectivity index (χ3v) is 3.89. The molecule has 0 saturated heterocycles. The van der Waals surface area contributed by atoms with E-state index in [0.29, 0.717) is 0 Å². The van der Waals surface area contributed by atoms with Crippen molar-refractivity contribution in [1.82, 2.24) is 5.32 Å². The zero-order valence-electron chi connectivity index (χ0n) is 10.2. The summed E-state index contributed by atoms with van der Waals surface area (Å²) in [5.74, 6) is 0. The van der Waals surface area contributed by atoms with Crippen LogP contribution in [0.25, 0.3) is 0 Å². The lowest BCUT2D eigenvalue weighted by molar-refractivity contribution is 0.631. The highest BCUT2D eigenvalue weighted by molar-refractivity contribution is 14.1. The number of benzene rings is 2. The second kappa shape index (κ2) is 6.55. The zero-order valence-corrected chi connectivity index (χ0v) is 13.1. The summed E-state index contributed by atoms with van der Waals surface area (Å²) in [5, 5.41) is 4.30. The molecule has 2 aromatic carbocycles. The minimum Gasteiger partial charge on any atom is -0.306 e. The van der Waals surface area contributed by atoms with Crippen molar-refractivity contribution >= 4 is 34.2 Å². The van der Waals surface area contributed by atoms with E-state index in [9.17, 15) is 0 Å². The minimum absolute atomic E-state index is 0.153. The SMILES string of the molecule is CCNC(c1ccc(I)cc1)c1ccccc1Cl. The Hall–Kier alpha value is -0.580. The van der Waals surface area contributed by atoms with E-state index < -0.39 is 0 Å². The zero-order chi connectivity index (χ0) is 13.0. The molecule has 0 aliphatic heterocycles. The first-order valence-electron chi connectivity index (χ1n) is 5.95. The molecule has 1 N–H and O–H groups in total. The van der Waals surface area contributed by atoms with Gasteiger partial charge < -0.3 is 5.32 Å². The van der Waals surface area contributed by atoms with E-state index in [0.717, 1.165) is 17.1 Å². The average molecular weight is 372 g/mol. The van der Waals surface area contributed by atoms with Crippen LogP contribution in [-0.4, -0.2) is 6.54 Å². The van der Waals surface area contributed by atoms with Crippen LogP contribution in [-0.2, 0) is 0 Å². The molecule has 1 unspecified atom stereocenters. The van der Waals surface area contributed by atoms with E-state index in [2.05, 4.69) is 65.2 Å². The van der Waals surface area contributed by atoms with E-state index in [1.165, 1.54) is 9.13 Å². The molecule has 0 fully saturated rings. The number of halogens is 2. The first-order valence-corrected chi connectivity index (χ1v) is 7.41. The summed E-state index contributed by atoms with van der Waals surface area (Å²) in [5.41, 5.74) is 2.37. The van der Waals surface area contributed by atoms with E-state index in [-0.39, 0.29) is 6.04 Å². The molecule has 18 heavy (non-hydrogen) atoms. The topological polar surface area (TPSA) is 12.0 Å². The van der Waals surface area contributed by atoms with Crippen molar-refractivity contribution in [3.63, 3.8) is 0 Å². The lowest BCUT2D eigenvalue weighted by Crippen LogP contribution is -2.22. The second-order valence-electron chi connectivity index (χ2n) is 4.06. The van der Waals surface area contributed by atoms with Gasteiger partial charge in [0, 0.05) is 8.59 Å². The van der Waals surface area contributed by atoms with E-state index in [4.69, 9.17) is 11.6 Å². The third kappa shape index (κ3) is 3.25. The summed E-state index contributed by atoms with van der Waals surface area (Å²) in [6, 6.07) is 16.7. The molecule has 3 heteroatoms. The van der Waals surface area contributed by atoms with E-state index in [1.807, 2.05) is 18.2 Å². The molecule has 0 amide bonds. The largest absolute Gasteiger partial charge is 0.306 e. The van der Waals surface area contributed by atoms with Gasteiger partial charge in [-0.15, -0.1) is 0 Å². The first-order chi connectivity index (χ1) is 8.72. The van der Waals surface area contributed by atoms with Crippen LogP contribution >= 0.6 is 34.2 Å². The number of nitrogens with one attached hydrogen (secondary N) is 1. The Morgan fingerprint density at radius 1 is 1.11 bits per heavy atom. The van der Waals surface area contributed by atoms with Crippen molar-refractivity contribution in [3.8, 4) is 0 Å². The molecule has 2 aromatic rings. The van der Waals surface area contributed by atoms with Gasteiger partial charge >= 0.3 is 0 Å². The maximum Gasteiger partial charge on any atom is 0.0591 e.